The third kappa shape index (κ3) is 4.33. The number of primary amides is 1. The molecule has 1 saturated heterocycles. The molecule has 1 amide bonds. The zero-order valence-corrected chi connectivity index (χ0v) is 13.7. The Bertz CT molecular complexity index is 577. The maximum atomic E-state index is 11.6. The van der Waals surface area contributed by atoms with Crippen LogP contribution in [0.15, 0.2) is 6.20 Å². The molecule has 1 saturated carbocycles. The van der Waals surface area contributed by atoms with E-state index in [4.69, 9.17) is 10.5 Å². The molecule has 0 aromatic carbocycles. The first-order valence-electron chi connectivity index (χ1n) is 8.57. The van der Waals surface area contributed by atoms with Crippen molar-refractivity contribution in [3.05, 3.63) is 11.8 Å². The van der Waals surface area contributed by atoms with Crippen molar-refractivity contribution in [2.24, 2.45) is 5.73 Å². The topological polar surface area (TPSA) is 122 Å². The Morgan fingerprint density at radius 2 is 2.08 bits per heavy atom. The molecule has 5 N–H and O–H groups in total. The molecular formula is C16H25N5O3. The van der Waals surface area contributed by atoms with Crippen molar-refractivity contribution in [1.29, 1.82) is 0 Å². The van der Waals surface area contributed by atoms with Gasteiger partial charge in [0.25, 0.3) is 5.91 Å². The minimum atomic E-state index is -0.568. The molecule has 3 rings (SSSR count). The van der Waals surface area contributed by atoms with Crippen LogP contribution >= 0.6 is 0 Å². The fraction of sp³-hybridized carbons (Fsp3) is 0.688. The summed E-state index contributed by atoms with van der Waals surface area (Å²) in [6.45, 7) is 1.41. The normalized spacial score (nSPS) is 27.5. The van der Waals surface area contributed by atoms with Gasteiger partial charge in [-0.3, -0.25) is 4.79 Å². The molecule has 3 atom stereocenters. The van der Waals surface area contributed by atoms with Crippen LogP contribution in [0.25, 0.3) is 0 Å². The van der Waals surface area contributed by atoms with E-state index >= 15 is 0 Å². The summed E-state index contributed by atoms with van der Waals surface area (Å²) in [4.78, 5) is 20.3. The molecule has 0 bridgehead atoms. The van der Waals surface area contributed by atoms with Gasteiger partial charge in [-0.25, -0.2) is 4.98 Å². The molecule has 1 aliphatic carbocycles. The molecule has 1 aromatic heterocycles. The van der Waals surface area contributed by atoms with Gasteiger partial charge in [0.2, 0.25) is 5.95 Å². The number of carbonyl (C=O) groups is 1. The third-order valence-electron chi connectivity index (χ3n) is 4.54. The number of nitrogens with two attached hydrogens (primary N) is 1. The Morgan fingerprint density at radius 1 is 1.25 bits per heavy atom. The maximum Gasteiger partial charge on any atom is 0.254 e. The lowest BCUT2D eigenvalue weighted by Crippen LogP contribution is -2.33. The van der Waals surface area contributed by atoms with Crippen molar-refractivity contribution in [2.75, 3.05) is 23.8 Å². The number of anilines is 2. The van der Waals surface area contributed by atoms with Gasteiger partial charge >= 0.3 is 0 Å². The van der Waals surface area contributed by atoms with E-state index < -0.39 is 5.91 Å². The van der Waals surface area contributed by atoms with Gasteiger partial charge in [0.05, 0.1) is 24.3 Å². The number of aliphatic hydroxyl groups excluding tert-OH is 1. The van der Waals surface area contributed by atoms with Crippen LogP contribution in [0.4, 0.5) is 11.8 Å². The van der Waals surface area contributed by atoms with Crippen LogP contribution in [-0.4, -0.2) is 52.4 Å². The van der Waals surface area contributed by atoms with E-state index in [1.165, 1.54) is 6.20 Å². The van der Waals surface area contributed by atoms with E-state index in [9.17, 15) is 9.90 Å². The molecular weight excluding hydrogens is 310 g/mol. The molecule has 8 heteroatoms. The maximum absolute atomic E-state index is 11.6. The molecule has 24 heavy (non-hydrogen) atoms. The van der Waals surface area contributed by atoms with Gasteiger partial charge < -0.3 is 26.2 Å². The van der Waals surface area contributed by atoms with E-state index in [1.54, 1.807) is 0 Å². The molecule has 2 heterocycles. The van der Waals surface area contributed by atoms with E-state index in [2.05, 4.69) is 20.6 Å². The molecule has 132 valence electrons. The Balaban J connectivity index is 1.73. The fourth-order valence-electron chi connectivity index (χ4n) is 3.27. The standard InChI is InChI=1S/C16H25N5O3/c17-14(23)13-8-18-16(20-11-4-2-6-24-9-11)21-15(13)19-10-3-1-5-12(22)7-10/h8,10-12,22H,1-7,9H2,(H2,17,23)(H2,18,19,20,21)/t10-,11-,12+/m1/s1. The number of nitrogens with zero attached hydrogens (tertiary/aromatic N) is 2. The quantitative estimate of drug-likeness (QED) is 0.630. The van der Waals surface area contributed by atoms with Crippen LogP contribution in [0.2, 0.25) is 0 Å². The molecule has 0 unspecified atom stereocenters. The summed E-state index contributed by atoms with van der Waals surface area (Å²) in [5.74, 6) is 0.312. The van der Waals surface area contributed by atoms with Crippen molar-refractivity contribution < 1.29 is 14.6 Å². The van der Waals surface area contributed by atoms with Gasteiger partial charge in [0.15, 0.2) is 0 Å². The smallest absolute Gasteiger partial charge is 0.254 e. The minimum Gasteiger partial charge on any atom is -0.393 e. The molecule has 1 aromatic rings. The van der Waals surface area contributed by atoms with E-state index in [1.807, 2.05) is 0 Å². The van der Waals surface area contributed by atoms with Crippen molar-refractivity contribution >= 4 is 17.7 Å². The van der Waals surface area contributed by atoms with E-state index in [0.29, 0.717) is 24.8 Å². The summed E-state index contributed by atoms with van der Waals surface area (Å²) < 4.78 is 5.44. The lowest BCUT2D eigenvalue weighted by Gasteiger charge is -2.28. The van der Waals surface area contributed by atoms with Crippen LogP contribution in [0.3, 0.4) is 0 Å². The molecule has 0 spiro atoms. The lowest BCUT2D eigenvalue weighted by molar-refractivity contribution is 0.0874. The summed E-state index contributed by atoms with van der Waals surface area (Å²) in [6, 6.07) is 0.246. The number of hydrogen-bond acceptors (Lipinski definition) is 7. The second-order valence-corrected chi connectivity index (χ2v) is 6.54. The second kappa shape index (κ2) is 7.76. The Morgan fingerprint density at radius 3 is 2.79 bits per heavy atom. The first kappa shape index (κ1) is 16.9. The van der Waals surface area contributed by atoms with Crippen LogP contribution in [0.5, 0.6) is 0 Å². The highest BCUT2D eigenvalue weighted by Crippen LogP contribution is 2.24. The number of ether oxygens (including phenoxy) is 1. The van der Waals surface area contributed by atoms with E-state index in [-0.39, 0.29) is 23.8 Å². The van der Waals surface area contributed by atoms with Crippen molar-refractivity contribution in [3.8, 4) is 0 Å². The van der Waals surface area contributed by atoms with Gasteiger partial charge in [-0.1, -0.05) is 0 Å². The fourth-order valence-corrected chi connectivity index (χ4v) is 3.27. The molecule has 2 fully saturated rings. The molecule has 8 nitrogen and oxygen atoms in total. The highest BCUT2D eigenvalue weighted by atomic mass is 16.5. The number of aromatic nitrogens is 2. The largest absolute Gasteiger partial charge is 0.393 e. The number of nitrogens with one attached hydrogen (secondary N) is 2. The Labute approximate surface area is 141 Å². The van der Waals surface area contributed by atoms with Crippen LogP contribution in [0, 0.1) is 0 Å². The monoisotopic (exact) mass is 335 g/mol. The summed E-state index contributed by atoms with van der Waals surface area (Å²) in [7, 11) is 0. The SMILES string of the molecule is NC(=O)c1cnc(N[C@@H]2CCCOC2)nc1N[C@@H]1CCC[C@H](O)C1. The van der Waals surface area contributed by atoms with Gasteiger partial charge in [0, 0.05) is 18.8 Å². The summed E-state index contributed by atoms with van der Waals surface area (Å²) in [6.07, 6.45) is 6.47. The van der Waals surface area contributed by atoms with Crippen LogP contribution in [-0.2, 0) is 4.74 Å². The summed E-state index contributed by atoms with van der Waals surface area (Å²) in [5.41, 5.74) is 5.70. The van der Waals surface area contributed by atoms with Crippen molar-refractivity contribution in [3.63, 3.8) is 0 Å². The van der Waals surface area contributed by atoms with Crippen molar-refractivity contribution in [2.45, 2.75) is 56.7 Å². The molecule has 2 aliphatic rings. The lowest BCUT2D eigenvalue weighted by atomic mass is 9.93. The number of rotatable bonds is 5. The predicted octanol–water partition coefficient (Wildman–Crippen LogP) is 0.882. The zero-order chi connectivity index (χ0) is 16.9. The predicted molar refractivity (Wildman–Crippen MR) is 89.9 cm³/mol. The summed E-state index contributed by atoms with van der Waals surface area (Å²) >= 11 is 0. The van der Waals surface area contributed by atoms with Gasteiger partial charge in [0.1, 0.15) is 5.82 Å². The van der Waals surface area contributed by atoms with Crippen LogP contribution in [0.1, 0.15) is 48.9 Å². The van der Waals surface area contributed by atoms with Gasteiger partial charge in [-0.05, 0) is 38.5 Å². The third-order valence-corrected chi connectivity index (χ3v) is 4.54. The van der Waals surface area contributed by atoms with Gasteiger partial charge in [-0.2, -0.15) is 4.98 Å². The molecule has 1 aliphatic heterocycles. The Kier molecular flexibility index (Phi) is 5.47. The highest BCUT2D eigenvalue weighted by molar-refractivity contribution is 5.97. The summed E-state index contributed by atoms with van der Waals surface area (Å²) in [5, 5.41) is 16.3. The van der Waals surface area contributed by atoms with E-state index in [0.717, 1.165) is 38.7 Å². The van der Waals surface area contributed by atoms with Crippen molar-refractivity contribution in [1.82, 2.24) is 9.97 Å². The number of hydrogen-bond donors (Lipinski definition) is 4. The average Bonchev–Trinajstić information content (AvgIpc) is 2.56. The first-order chi connectivity index (χ1) is 11.6. The highest BCUT2D eigenvalue weighted by Gasteiger charge is 2.23. The average molecular weight is 335 g/mol. The first-order valence-corrected chi connectivity index (χ1v) is 8.57. The van der Waals surface area contributed by atoms with Crippen LogP contribution < -0.4 is 16.4 Å². The number of carbonyl (C=O) groups excluding carboxylic acids is 1. The minimum absolute atomic E-state index is 0.0765. The number of aliphatic hydroxyl groups is 1. The number of amides is 1. The molecule has 0 radical (unpaired) electrons. The van der Waals surface area contributed by atoms with Gasteiger partial charge in [-0.15, -0.1) is 0 Å². The Hall–Kier alpha value is -1.93. The second-order valence-electron chi connectivity index (χ2n) is 6.54. The zero-order valence-electron chi connectivity index (χ0n) is 13.7.